The summed E-state index contributed by atoms with van der Waals surface area (Å²) in [5.74, 6) is 0.872. The Morgan fingerprint density at radius 1 is 1.10 bits per heavy atom. The van der Waals surface area contributed by atoms with E-state index in [9.17, 15) is 4.79 Å². The molecule has 1 atom stereocenters. The molecule has 2 aromatic rings. The fourth-order valence-electron chi connectivity index (χ4n) is 4.72. The Bertz CT molecular complexity index is 797. The highest BCUT2D eigenvalue weighted by molar-refractivity contribution is 5.88. The molecule has 2 aromatic carbocycles. The number of benzene rings is 2. The van der Waals surface area contributed by atoms with Crippen LogP contribution in [0.3, 0.4) is 0 Å². The Balaban J connectivity index is 1.41. The minimum atomic E-state index is -0.483. The summed E-state index contributed by atoms with van der Waals surface area (Å²) < 4.78 is 5.55. The monoisotopic (exact) mass is 392 g/mol. The molecule has 0 aliphatic carbocycles. The number of hydrogen-bond acceptors (Lipinski definition) is 3. The van der Waals surface area contributed by atoms with E-state index in [1.807, 2.05) is 18.2 Å². The van der Waals surface area contributed by atoms with E-state index in [2.05, 4.69) is 53.5 Å². The summed E-state index contributed by atoms with van der Waals surface area (Å²) >= 11 is 0. The second kappa shape index (κ2) is 9.00. The third-order valence-corrected chi connectivity index (χ3v) is 6.52. The maximum Gasteiger partial charge on any atom is 0.231 e. The van der Waals surface area contributed by atoms with Gasteiger partial charge in [0.1, 0.15) is 0 Å². The Kier molecular flexibility index (Phi) is 6.19. The number of piperidine rings is 1. The zero-order valence-corrected chi connectivity index (χ0v) is 17.4. The number of ether oxygens (including phenoxy) is 1. The van der Waals surface area contributed by atoms with Crippen molar-refractivity contribution in [2.24, 2.45) is 5.92 Å². The standard InChI is InChI=1S/C25H32N2O2/c1-20-6-5-15-27(19-20)23-11-9-21(10-12-23)18-26-24(28)25(13-16-29-17-14-25)22-7-3-2-4-8-22/h2-4,7-12,20H,5-6,13-19H2,1H3,(H,26,28)/t20-/m1/s1. The highest BCUT2D eigenvalue weighted by Crippen LogP contribution is 2.35. The van der Waals surface area contributed by atoms with Gasteiger partial charge in [-0.15, -0.1) is 0 Å². The van der Waals surface area contributed by atoms with Gasteiger partial charge in [0.05, 0.1) is 5.41 Å². The molecule has 2 saturated heterocycles. The van der Waals surface area contributed by atoms with Crippen LogP contribution in [0.5, 0.6) is 0 Å². The fourth-order valence-corrected chi connectivity index (χ4v) is 4.72. The highest BCUT2D eigenvalue weighted by atomic mass is 16.5. The summed E-state index contributed by atoms with van der Waals surface area (Å²) in [6, 6.07) is 18.8. The molecular formula is C25H32N2O2. The van der Waals surface area contributed by atoms with Gasteiger partial charge in [-0.3, -0.25) is 4.79 Å². The molecule has 154 valence electrons. The lowest BCUT2D eigenvalue weighted by molar-refractivity contribution is -0.130. The summed E-state index contributed by atoms with van der Waals surface area (Å²) in [6.07, 6.45) is 4.06. The Hall–Kier alpha value is -2.33. The molecule has 2 aliphatic rings. The maximum absolute atomic E-state index is 13.3. The maximum atomic E-state index is 13.3. The van der Waals surface area contributed by atoms with Gasteiger partial charge >= 0.3 is 0 Å². The predicted molar refractivity (Wildman–Crippen MR) is 117 cm³/mol. The largest absolute Gasteiger partial charge is 0.381 e. The topological polar surface area (TPSA) is 41.6 Å². The van der Waals surface area contributed by atoms with Gasteiger partial charge < -0.3 is 15.0 Å². The van der Waals surface area contributed by atoms with Crippen LogP contribution in [0.15, 0.2) is 54.6 Å². The molecule has 0 unspecified atom stereocenters. The van der Waals surface area contributed by atoms with Crippen molar-refractivity contribution in [3.63, 3.8) is 0 Å². The van der Waals surface area contributed by atoms with E-state index in [0.29, 0.717) is 19.8 Å². The molecule has 4 heteroatoms. The van der Waals surface area contributed by atoms with Crippen LogP contribution in [-0.2, 0) is 21.5 Å². The number of rotatable bonds is 5. The number of anilines is 1. The van der Waals surface area contributed by atoms with E-state index in [1.165, 1.54) is 18.5 Å². The first-order valence-corrected chi connectivity index (χ1v) is 10.9. The van der Waals surface area contributed by atoms with E-state index in [1.54, 1.807) is 0 Å². The van der Waals surface area contributed by atoms with Gasteiger partial charge in [0.2, 0.25) is 5.91 Å². The van der Waals surface area contributed by atoms with Crippen molar-refractivity contribution in [3.05, 3.63) is 65.7 Å². The van der Waals surface area contributed by atoms with E-state index in [4.69, 9.17) is 4.74 Å². The molecule has 1 N–H and O–H groups in total. The average molecular weight is 393 g/mol. The summed E-state index contributed by atoms with van der Waals surface area (Å²) in [5, 5.41) is 3.21. The first-order valence-electron chi connectivity index (χ1n) is 10.9. The molecule has 2 heterocycles. The van der Waals surface area contributed by atoms with Crippen molar-refractivity contribution in [1.29, 1.82) is 0 Å². The van der Waals surface area contributed by atoms with Crippen molar-refractivity contribution in [2.45, 2.75) is 44.6 Å². The molecule has 0 bridgehead atoms. The smallest absolute Gasteiger partial charge is 0.231 e. The second-order valence-electron chi connectivity index (χ2n) is 8.60. The third-order valence-electron chi connectivity index (χ3n) is 6.52. The van der Waals surface area contributed by atoms with Gasteiger partial charge in [-0.2, -0.15) is 0 Å². The molecule has 0 saturated carbocycles. The molecule has 4 nitrogen and oxygen atoms in total. The van der Waals surface area contributed by atoms with E-state index in [0.717, 1.165) is 43.0 Å². The van der Waals surface area contributed by atoms with Crippen LogP contribution in [0.25, 0.3) is 0 Å². The molecular weight excluding hydrogens is 360 g/mol. The predicted octanol–water partition coefficient (Wildman–Crippen LogP) is 4.29. The summed E-state index contributed by atoms with van der Waals surface area (Å²) in [4.78, 5) is 15.7. The summed E-state index contributed by atoms with van der Waals surface area (Å²) in [6.45, 7) is 6.43. The lowest BCUT2D eigenvalue weighted by atomic mass is 9.73. The van der Waals surface area contributed by atoms with Crippen molar-refractivity contribution in [1.82, 2.24) is 5.32 Å². The molecule has 0 spiro atoms. The molecule has 4 rings (SSSR count). The lowest BCUT2D eigenvalue weighted by Gasteiger charge is -2.36. The minimum absolute atomic E-state index is 0.112. The first-order chi connectivity index (χ1) is 14.2. The van der Waals surface area contributed by atoms with Crippen LogP contribution >= 0.6 is 0 Å². The number of amides is 1. The lowest BCUT2D eigenvalue weighted by Crippen LogP contribution is -2.47. The van der Waals surface area contributed by atoms with Gasteiger partial charge in [-0.05, 0) is 54.9 Å². The van der Waals surface area contributed by atoms with Crippen molar-refractivity contribution in [2.75, 3.05) is 31.2 Å². The number of hydrogen-bond donors (Lipinski definition) is 1. The second-order valence-corrected chi connectivity index (χ2v) is 8.60. The molecule has 2 aliphatic heterocycles. The number of nitrogens with zero attached hydrogens (tertiary/aromatic N) is 1. The van der Waals surface area contributed by atoms with Gasteiger partial charge in [0, 0.05) is 38.5 Å². The third kappa shape index (κ3) is 4.48. The van der Waals surface area contributed by atoms with Crippen LogP contribution in [0, 0.1) is 5.92 Å². The van der Waals surface area contributed by atoms with Gasteiger partial charge in [-0.1, -0.05) is 49.4 Å². The highest BCUT2D eigenvalue weighted by Gasteiger charge is 2.41. The van der Waals surface area contributed by atoms with Crippen molar-refractivity contribution >= 4 is 11.6 Å². The Morgan fingerprint density at radius 3 is 2.52 bits per heavy atom. The van der Waals surface area contributed by atoms with Gasteiger partial charge in [0.25, 0.3) is 0 Å². The van der Waals surface area contributed by atoms with Crippen LogP contribution in [0.1, 0.15) is 43.7 Å². The van der Waals surface area contributed by atoms with Crippen LogP contribution in [0.4, 0.5) is 5.69 Å². The molecule has 2 fully saturated rings. The van der Waals surface area contributed by atoms with Gasteiger partial charge in [0.15, 0.2) is 0 Å². The molecule has 0 aromatic heterocycles. The van der Waals surface area contributed by atoms with E-state index >= 15 is 0 Å². The molecule has 0 radical (unpaired) electrons. The summed E-state index contributed by atoms with van der Waals surface area (Å²) in [7, 11) is 0. The minimum Gasteiger partial charge on any atom is -0.381 e. The fraction of sp³-hybridized carbons (Fsp3) is 0.480. The zero-order valence-electron chi connectivity index (χ0n) is 17.4. The number of carbonyl (C=O) groups excluding carboxylic acids is 1. The van der Waals surface area contributed by atoms with Crippen molar-refractivity contribution < 1.29 is 9.53 Å². The van der Waals surface area contributed by atoms with Gasteiger partial charge in [-0.25, -0.2) is 0 Å². The molecule has 1 amide bonds. The average Bonchev–Trinajstić information content (AvgIpc) is 2.79. The Morgan fingerprint density at radius 2 is 1.83 bits per heavy atom. The van der Waals surface area contributed by atoms with E-state index < -0.39 is 5.41 Å². The first kappa shape index (κ1) is 20.0. The van der Waals surface area contributed by atoms with E-state index in [-0.39, 0.29) is 5.91 Å². The number of nitrogens with one attached hydrogen (secondary N) is 1. The van der Waals surface area contributed by atoms with Crippen LogP contribution in [0.2, 0.25) is 0 Å². The summed E-state index contributed by atoms with van der Waals surface area (Å²) in [5.41, 5.74) is 3.04. The number of carbonyl (C=O) groups is 1. The zero-order chi connectivity index (χ0) is 20.1. The SMILES string of the molecule is C[C@@H]1CCCN(c2ccc(CNC(=O)C3(c4ccccc4)CCOCC3)cc2)C1. The van der Waals surface area contributed by atoms with Crippen LogP contribution in [-0.4, -0.2) is 32.2 Å². The Labute approximate surface area is 174 Å². The quantitative estimate of drug-likeness (QED) is 0.825. The van der Waals surface area contributed by atoms with Crippen molar-refractivity contribution in [3.8, 4) is 0 Å². The normalized spacial score (nSPS) is 21.6. The molecule has 29 heavy (non-hydrogen) atoms. The van der Waals surface area contributed by atoms with Crippen LogP contribution < -0.4 is 10.2 Å².